The van der Waals surface area contributed by atoms with Crippen LogP contribution in [-0.4, -0.2) is 36.2 Å². The highest BCUT2D eigenvalue weighted by molar-refractivity contribution is 6.00. The fraction of sp³-hybridized carbons (Fsp3) is 0.0870. The van der Waals surface area contributed by atoms with Crippen molar-refractivity contribution in [2.75, 3.05) is 0 Å². The van der Waals surface area contributed by atoms with E-state index in [1.165, 1.54) is 0 Å². The zero-order chi connectivity index (χ0) is 20.7. The van der Waals surface area contributed by atoms with Crippen LogP contribution in [0.3, 0.4) is 0 Å². The van der Waals surface area contributed by atoms with Crippen molar-refractivity contribution in [2.24, 2.45) is 0 Å². The van der Waals surface area contributed by atoms with E-state index in [4.69, 9.17) is 0 Å². The molecule has 1 aliphatic rings. The molecule has 0 spiro atoms. The number of hydrogen-bond acceptors (Lipinski definition) is 5. The number of amides is 1. The van der Waals surface area contributed by atoms with Crippen LogP contribution in [0.2, 0.25) is 0 Å². The van der Waals surface area contributed by atoms with Crippen molar-refractivity contribution in [1.82, 2.24) is 20.1 Å². The maximum absolute atomic E-state index is 13.3. The number of phenolic OH excluding ortho intramolecular Hbond substituents is 2. The first-order chi connectivity index (χ1) is 14.6. The summed E-state index contributed by atoms with van der Waals surface area (Å²) in [6.07, 6.45) is 3.38. The average Bonchev–Trinajstić information content (AvgIpc) is 3.29. The monoisotopic (exact) mass is 398 g/mol. The van der Waals surface area contributed by atoms with Gasteiger partial charge in [0.25, 0.3) is 5.91 Å². The highest BCUT2D eigenvalue weighted by Gasteiger charge is 2.42. The Labute approximate surface area is 172 Å². The molecule has 0 aliphatic carbocycles. The Morgan fingerprint density at radius 3 is 2.57 bits per heavy atom. The molecule has 0 unspecified atom stereocenters. The number of carbonyl (C=O) groups is 1. The molecule has 2 aromatic heterocycles. The van der Waals surface area contributed by atoms with Gasteiger partial charge in [-0.1, -0.05) is 24.3 Å². The van der Waals surface area contributed by atoms with E-state index in [1.54, 1.807) is 53.7 Å². The predicted molar refractivity (Wildman–Crippen MR) is 110 cm³/mol. The number of aromatic hydroxyl groups is 2. The van der Waals surface area contributed by atoms with E-state index in [-0.39, 0.29) is 17.4 Å². The lowest BCUT2D eigenvalue weighted by Gasteiger charge is -2.26. The summed E-state index contributed by atoms with van der Waals surface area (Å²) in [4.78, 5) is 19.1. The molecule has 1 atom stereocenters. The van der Waals surface area contributed by atoms with Crippen LogP contribution >= 0.6 is 0 Å². The molecule has 3 N–H and O–H groups in total. The SMILES string of the molecule is O=C1c2[nH]nc(-c3ccccc3O)c2[C@H](c2cccc(O)c2)N1Cc1ccncc1. The van der Waals surface area contributed by atoms with E-state index < -0.39 is 6.04 Å². The van der Waals surface area contributed by atoms with Gasteiger partial charge >= 0.3 is 0 Å². The highest BCUT2D eigenvalue weighted by atomic mass is 16.3. The van der Waals surface area contributed by atoms with Crippen LogP contribution < -0.4 is 0 Å². The van der Waals surface area contributed by atoms with Crippen LogP contribution in [0.1, 0.15) is 33.2 Å². The lowest BCUT2D eigenvalue weighted by Crippen LogP contribution is -2.29. The van der Waals surface area contributed by atoms with E-state index in [2.05, 4.69) is 15.2 Å². The highest BCUT2D eigenvalue weighted by Crippen LogP contribution is 2.45. The molecule has 0 fully saturated rings. The molecule has 5 rings (SSSR count). The molecule has 148 valence electrons. The second-order valence-corrected chi connectivity index (χ2v) is 7.16. The Balaban J connectivity index is 1.68. The first-order valence-corrected chi connectivity index (χ1v) is 9.49. The maximum atomic E-state index is 13.3. The molecule has 0 radical (unpaired) electrons. The second-order valence-electron chi connectivity index (χ2n) is 7.16. The number of pyridine rings is 1. The van der Waals surface area contributed by atoms with E-state index in [0.717, 1.165) is 11.1 Å². The van der Waals surface area contributed by atoms with Crippen LogP contribution in [0.15, 0.2) is 73.1 Å². The number of para-hydroxylation sites is 1. The van der Waals surface area contributed by atoms with Crippen LogP contribution in [0.5, 0.6) is 11.5 Å². The summed E-state index contributed by atoms with van der Waals surface area (Å²) in [5, 5.41) is 27.7. The Morgan fingerprint density at radius 1 is 1.00 bits per heavy atom. The van der Waals surface area contributed by atoms with Gasteiger partial charge < -0.3 is 15.1 Å². The van der Waals surface area contributed by atoms with Gasteiger partial charge in [-0.2, -0.15) is 5.10 Å². The molecule has 1 aliphatic heterocycles. The number of phenols is 2. The van der Waals surface area contributed by atoms with Gasteiger partial charge in [-0.25, -0.2) is 0 Å². The van der Waals surface area contributed by atoms with Gasteiger partial charge in [0.15, 0.2) is 0 Å². The number of aromatic amines is 1. The predicted octanol–water partition coefficient (Wildman–Crippen LogP) is 3.63. The van der Waals surface area contributed by atoms with Crippen LogP contribution in [0.4, 0.5) is 0 Å². The molecular weight excluding hydrogens is 380 g/mol. The molecule has 7 nitrogen and oxygen atoms in total. The Bertz CT molecular complexity index is 1240. The Kier molecular flexibility index (Phi) is 4.21. The van der Waals surface area contributed by atoms with E-state index in [1.807, 2.05) is 24.3 Å². The molecule has 30 heavy (non-hydrogen) atoms. The summed E-state index contributed by atoms with van der Waals surface area (Å²) in [6, 6.07) is 17.0. The summed E-state index contributed by atoms with van der Waals surface area (Å²) in [5.41, 5.74) is 3.82. The third kappa shape index (κ3) is 2.88. The molecule has 7 heteroatoms. The third-order valence-corrected chi connectivity index (χ3v) is 5.31. The summed E-state index contributed by atoms with van der Waals surface area (Å²) >= 11 is 0. The van der Waals surface area contributed by atoms with E-state index >= 15 is 0 Å². The summed E-state index contributed by atoms with van der Waals surface area (Å²) in [6.45, 7) is 0.365. The standard InChI is InChI=1S/C23H18N4O3/c28-16-5-3-4-15(12-16)22-19-20(17-6-1-2-7-18(17)29)25-26-21(19)23(30)27(22)13-14-8-10-24-11-9-14/h1-12,22,28-29H,13H2,(H,25,26)/t22-/m0/s1. The molecule has 4 aromatic rings. The minimum atomic E-state index is -0.471. The largest absolute Gasteiger partial charge is 0.508 e. The molecule has 0 saturated heterocycles. The molecule has 3 heterocycles. The van der Waals surface area contributed by atoms with Crippen molar-refractivity contribution in [3.63, 3.8) is 0 Å². The molecule has 0 bridgehead atoms. The smallest absolute Gasteiger partial charge is 0.273 e. The lowest BCUT2D eigenvalue weighted by atomic mass is 9.95. The zero-order valence-corrected chi connectivity index (χ0v) is 15.9. The number of aromatic nitrogens is 3. The van der Waals surface area contributed by atoms with E-state index in [9.17, 15) is 15.0 Å². The first-order valence-electron chi connectivity index (χ1n) is 9.49. The number of H-pyrrole nitrogens is 1. The molecule has 1 amide bonds. The number of nitrogens with one attached hydrogen (secondary N) is 1. The van der Waals surface area contributed by atoms with Gasteiger partial charge in [0, 0.05) is 30.1 Å². The average molecular weight is 398 g/mol. The second kappa shape index (κ2) is 7.04. The number of benzene rings is 2. The number of nitrogens with zero attached hydrogens (tertiary/aromatic N) is 3. The van der Waals surface area contributed by atoms with Crippen molar-refractivity contribution in [2.45, 2.75) is 12.6 Å². The Morgan fingerprint density at radius 2 is 1.80 bits per heavy atom. The van der Waals surface area contributed by atoms with Crippen LogP contribution in [0, 0.1) is 0 Å². The first kappa shape index (κ1) is 17.9. The summed E-state index contributed by atoms with van der Waals surface area (Å²) < 4.78 is 0. The lowest BCUT2D eigenvalue weighted by molar-refractivity contribution is 0.0730. The van der Waals surface area contributed by atoms with Crippen molar-refractivity contribution in [3.8, 4) is 22.8 Å². The molecule has 0 saturated carbocycles. The summed E-state index contributed by atoms with van der Waals surface area (Å²) in [7, 11) is 0. The number of carbonyl (C=O) groups excluding carboxylic acids is 1. The minimum absolute atomic E-state index is 0.0847. The van der Waals surface area contributed by atoms with Gasteiger partial charge in [0.05, 0.1) is 6.04 Å². The normalized spacial score (nSPS) is 15.4. The van der Waals surface area contributed by atoms with Gasteiger partial charge in [0.1, 0.15) is 22.9 Å². The van der Waals surface area contributed by atoms with Gasteiger partial charge in [-0.05, 0) is 47.5 Å². The van der Waals surface area contributed by atoms with E-state index in [0.29, 0.717) is 29.1 Å². The maximum Gasteiger partial charge on any atom is 0.273 e. The van der Waals surface area contributed by atoms with Crippen molar-refractivity contribution in [3.05, 3.63) is 95.4 Å². The fourth-order valence-corrected chi connectivity index (χ4v) is 3.97. The Hall–Kier alpha value is -4.13. The van der Waals surface area contributed by atoms with Crippen LogP contribution in [-0.2, 0) is 6.54 Å². The van der Waals surface area contributed by atoms with Crippen molar-refractivity contribution >= 4 is 5.91 Å². The number of hydrogen-bond donors (Lipinski definition) is 3. The minimum Gasteiger partial charge on any atom is -0.508 e. The third-order valence-electron chi connectivity index (χ3n) is 5.31. The quantitative estimate of drug-likeness (QED) is 0.487. The zero-order valence-electron chi connectivity index (χ0n) is 15.9. The van der Waals surface area contributed by atoms with Crippen LogP contribution in [0.25, 0.3) is 11.3 Å². The number of fused-ring (bicyclic) bond motifs is 1. The summed E-state index contributed by atoms with van der Waals surface area (Å²) in [5.74, 6) is 0.00989. The topological polar surface area (TPSA) is 102 Å². The van der Waals surface area contributed by atoms with Gasteiger partial charge in [-0.3, -0.25) is 14.9 Å². The van der Waals surface area contributed by atoms with Crippen molar-refractivity contribution in [1.29, 1.82) is 0 Å². The molecule has 2 aromatic carbocycles. The van der Waals surface area contributed by atoms with Gasteiger partial charge in [-0.15, -0.1) is 0 Å². The molecular formula is C23H18N4O3. The van der Waals surface area contributed by atoms with Crippen molar-refractivity contribution < 1.29 is 15.0 Å². The van der Waals surface area contributed by atoms with Gasteiger partial charge in [0.2, 0.25) is 0 Å². The number of rotatable bonds is 4. The fourth-order valence-electron chi connectivity index (χ4n) is 3.97.